The molecule has 0 unspecified atom stereocenters. The van der Waals surface area contributed by atoms with E-state index in [0.29, 0.717) is 47.6 Å². The summed E-state index contributed by atoms with van der Waals surface area (Å²) in [7, 11) is 4.92. The molecular formula is C31H38N10O7. The lowest BCUT2D eigenvalue weighted by Crippen LogP contribution is -2.37. The summed E-state index contributed by atoms with van der Waals surface area (Å²) in [5, 5.41) is 15.3. The van der Waals surface area contributed by atoms with E-state index in [1.165, 1.54) is 15.7 Å². The van der Waals surface area contributed by atoms with E-state index in [1.807, 2.05) is 12.1 Å². The maximum absolute atomic E-state index is 11.8. The second-order valence-corrected chi connectivity index (χ2v) is 11.8. The molecule has 1 saturated carbocycles. The summed E-state index contributed by atoms with van der Waals surface area (Å²) in [4.78, 5) is 48.2. The number of hydrogen-bond donors (Lipinski definition) is 1. The van der Waals surface area contributed by atoms with Crippen molar-refractivity contribution in [2.45, 2.75) is 44.4 Å². The first-order chi connectivity index (χ1) is 23.2. The lowest BCUT2D eigenvalue weighted by atomic mass is 9.93. The van der Waals surface area contributed by atoms with Crippen molar-refractivity contribution in [3.8, 4) is 17.4 Å². The summed E-state index contributed by atoms with van der Waals surface area (Å²) in [6.07, 6.45) is 9.36. The van der Waals surface area contributed by atoms with Crippen molar-refractivity contribution in [2.75, 3.05) is 57.2 Å². The summed E-state index contributed by atoms with van der Waals surface area (Å²) in [5.41, 5.74) is 1.27. The summed E-state index contributed by atoms with van der Waals surface area (Å²) < 4.78 is 24.9. The number of nitro groups is 1. The largest absolute Gasteiger partial charge is 0.484 e. The highest BCUT2D eigenvalue weighted by atomic mass is 16.6. The third kappa shape index (κ3) is 7.79. The van der Waals surface area contributed by atoms with Crippen molar-refractivity contribution in [3.63, 3.8) is 0 Å². The minimum Gasteiger partial charge on any atom is -0.484 e. The molecular weight excluding hydrogens is 624 g/mol. The number of rotatable bonds is 12. The predicted molar refractivity (Wildman–Crippen MR) is 173 cm³/mol. The van der Waals surface area contributed by atoms with Gasteiger partial charge in [0.1, 0.15) is 30.5 Å². The zero-order valence-electron chi connectivity index (χ0n) is 27.1. The third-order valence-corrected chi connectivity index (χ3v) is 8.33. The van der Waals surface area contributed by atoms with Crippen LogP contribution in [0.3, 0.4) is 0 Å². The Morgan fingerprint density at radius 1 is 1.02 bits per heavy atom. The van der Waals surface area contributed by atoms with E-state index in [2.05, 4.69) is 30.2 Å². The maximum atomic E-state index is 11.8. The first kappa shape index (κ1) is 32.6. The van der Waals surface area contributed by atoms with E-state index in [-0.39, 0.29) is 37.2 Å². The zero-order valence-corrected chi connectivity index (χ0v) is 27.1. The Bertz CT molecular complexity index is 1740. The Morgan fingerprint density at radius 2 is 1.75 bits per heavy atom. The summed E-state index contributed by atoms with van der Waals surface area (Å²) in [6, 6.07) is 3.95. The monoisotopic (exact) mass is 662 g/mol. The summed E-state index contributed by atoms with van der Waals surface area (Å²) in [5.74, 6) is 2.25. The molecule has 2 aliphatic rings. The van der Waals surface area contributed by atoms with E-state index in [0.717, 1.165) is 50.1 Å². The topological polar surface area (TPSA) is 185 Å². The molecule has 1 aliphatic carbocycles. The number of ether oxygens (including phenoxy) is 4. The third-order valence-electron chi connectivity index (χ3n) is 8.33. The van der Waals surface area contributed by atoms with E-state index in [1.54, 1.807) is 39.7 Å². The van der Waals surface area contributed by atoms with Crippen LogP contribution in [-0.2, 0) is 23.2 Å². The van der Waals surface area contributed by atoms with Gasteiger partial charge in [-0.25, -0.2) is 14.5 Å². The number of carbonyl (C=O) groups is 1. The Labute approximate surface area is 276 Å². The fourth-order valence-corrected chi connectivity index (χ4v) is 5.48. The number of amides is 1. The molecule has 17 nitrogen and oxygen atoms in total. The van der Waals surface area contributed by atoms with Crippen molar-refractivity contribution < 1.29 is 28.7 Å². The van der Waals surface area contributed by atoms with Gasteiger partial charge >= 0.3 is 5.95 Å². The molecule has 5 heterocycles. The number of nitrogens with one attached hydrogen (secondary N) is 1. The van der Waals surface area contributed by atoms with Crippen LogP contribution in [0, 0.1) is 10.1 Å². The van der Waals surface area contributed by atoms with Crippen LogP contribution >= 0.6 is 0 Å². The minimum atomic E-state index is -0.536. The Kier molecular flexibility index (Phi) is 9.94. The van der Waals surface area contributed by atoms with Crippen LogP contribution in [0.25, 0.3) is 10.9 Å². The van der Waals surface area contributed by atoms with Crippen LogP contribution in [0.1, 0.15) is 31.4 Å². The average Bonchev–Trinajstić information content (AvgIpc) is 3.48. The second-order valence-electron chi connectivity index (χ2n) is 11.8. The van der Waals surface area contributed by atoms with Crippen LogP contribution in [0.15, 0.2) is 36.9 Å². The van der Waals surface area contributed by atoms with Crippen molar-refractivity contribution in [1.29, 1.82) is 0 Å². The lowest BCUT2D eigenvalue weighted by molar-refractivity contribution is -0.396. The van der Waals surface area contributed by atoms with Crippen molar-refractivity contribution in [2.24, 2.45) is 7.05 Å². The number of fused-ring (bicyclic) bond motifs is 1. The number of morpholine rings is 1. The van der Waals surface area contributed by atoms with Crippen LogP contribution in [-0.4, -0.2) is 104 Å². The van der Waals surface area contributed by atoms with Gasteiger partial charge in [0.25, 0.3) is 5.91 Å². The van der Waals surface area contributed by atoms with Gasteiger partial charge in [-0.3, -0.25) is 9.78 Å². The highest BCUT2D eigenvalue weighted by molar-refractivity contribution is 5.87. The molecule has 1 amide bonds. The first-order valence-corrected chi connectivity index (χ1v) is 15.7. The number of likely N-dealkylation sites (N-methyl/N-ethyl adjacent to an activating group) is 1. The summed E-state index contributed by atoms with van der Waals surface area (Å²) >= 11 is 0. The van der Waals surface area contributed by atoms with E-state index >= 15 is 0 Å². The van der Waals surface area contributed by atoms with Gasteiger partial charge in [0.15, 0.2) is 18.1 Å². The number of aromatic nitrogens is 6. The predicted octanol–water partition coefficient (Wildman–Crippen LogP) is 2.75. The van der Waals surface area contributed by atoms with Crippen molar-refractivity contribution in [3.05, 3.63) is 52.7 Å². The van der Waals surface area contributed by atoms with Crippen LogP contribution in [0.5, 0.6) is 17.4 Å². The van der Waals surface area contributed by atoms with Crippen molar-refractivity contribution in [1.82, 2.24) is 34.4 Å². The standard InChI is InChI=1S/C31H38N10O7/c1-38(2)28(42)19-47-24-16-33-30(34-17-24)36-20-4-6-22(7-5-20)48-29-25-12-23(46-18-21-14-35-31(39(21)3)41(43)44)15-32-26(25)13-27(37-29)40-8-10-45-11-9-40/h12-17,20,22H,4-11,18-19H2,1-3H3,(H,33,34,36)/t20-,22+. The minimum absolute atomic E-state index is 0.0656. The Balaban J connectivity index is 1.12. The molecule has 1 N–H and O–H groups in total. The number of carbonyl (C=O) groups excluding carboxylic acids is 1. The second kappa shape index (κ2) is 14.6. The number of pyridine rings is 2. The van der Waals surface area contributed by atoms with Gasteiger partial charge in [0, 0.05) is 39.3 Å². The molecule has 0 aromatic carbocycles. The molecule has 6 rings (SSSR count). The zero-order chi connectivity index (χ0) is 33.6. The average molecular weight is 663 g/mol. The van der Waals surface area contributed by atoms with E-state index in [9.17, 15) is 14.9 Å². The lowest BCUT2D eigenvalue weighted by Gasteiger charge is -2.31. The number of anilines is 2. The molecule has 17 heteroatoms. The van der Waals surface area contributed by atoms with Gasteiger partial charge in [-0.05, 0) is 36.7 Å². The summed E-state index contributed by atoms with van der Waals surface area (Å²) in [6.45, 7) is 2.68. The van der Waals surface area contributed by atoms with Gasteiger partial charge in [-0.2, -0.15) is 4.98 Å². The fourth-order valence-electron chi connectivity index (χ4n) is 5.48. The molecule has 4 aromatic rings. The molecule has 48 heavy (non-hydrogen) atoms. The number of imidazole rings is 1. The molecule has 1 saturated heterocycles. The Hall–Kier alpha value is -5.32. The number of hydrogen-bond acceptors (Lipinski definition) is 14. The molecule has 0 radical (unpaired) electrons. The normalized spacial score (nSPS) is 17.9. The quantitative estimate of drug-likeness (QED) is 0.172. The molecule has 2 fully saturated rings. The maximum Gasteiger partial charge on any atom is 0.434 e. The Morgan fingerprint density at radius 3 is 2.44 bits per heavy atom. The highest BCUT2D eigenvalue weighted by Crippen LogP contribution is 2.33. The first-order valence-electron chi connectivity index (χ1n) is 15.7. The van der Waals surface area contributed by atoms with Gasteiger partial charge in [0.2, 0.25) is 11.8 Å². The van der Waals surface area contributed by atoms with Gasteiger partial charge in [-0.15, -0.1) is 0 Å². The number of nitrogens with zero attached hydrogens (tertiary/aromatic N) is 9. The van der Waals surface area contributed by atoms with Gasteiger partial charge in [-0.1, -0.05) is 4.98 Å². The van der Waals surface area contributed by atoms with E-state index in [4.69, 9.17) is 23.9 Å². The van der Waals surface area contributed by atoms with Gasteiger partial charge in [0.05, 0.1) is 49.8 Å². The van der Waals surface area contributed by atoms with Gasteiger partial charge < -0.3 is 44.2 Å². The molecule has 0 spiro atoms. The molecule has 4 aromatic heterocycles. The molecule has 1 aliphatic heterocycles. The van der Waals surface area contributed by atoms with E-state index < -0.39 is 4.92 Å². The van der Waals surface area contributed by atoms with Crippen LogP contribution < -0.4 is 24.4 Å². The molecule has 0 bridgehead atoms. The van der Waals surface area contributed by atoms with Crippen LogP contribution in [0.4, 0.5) is 17.7 Å². The highest BCUT2D eigenvalue weighted by Gasteiger charge is 2.26. The smallest absolute Gasteiger partial charge is 0.434 e. The fraction of sp³-hybridized carbons (Fsp3) is 0.484. The molecule has 254 valence electrons. The molecule has 0 atom stereocenters. The SMILES string of the molecule is CN(C)C(=O)COc1cnc(N[C@H]2CC[C@@H](Oc3nc(N4CCOCC4)cc4ncc(OCc5cnc([N+](=O)[O-])n5C)cc34)CC2)nc1. The van der Waals surface area contributed by atoms with Crippen molar-refractivity contribution >= 4 is 34.5 Å². The van der Waals surface area contributed by atoms with Crippen LogP contribution in [0.2, 0.25) is 0 Å².